The van der Waals surface area contributed by atoms with Crippen molar-refractivity contribution in [2.24, 2.45) is 5.92 Å². The number of ether oxygens (including phenoxy) is 1. The smallest absolute Gasteiger partial charge is 0.154 e. The Balaban J connectivity index is 2.66. The van der Waals surface area contributed by atoms with Gasteiger partial charge >= 0.3 is 0 Å². The van der Waals surface area contributed by atoms with Crippen molar-refractivity contribution < 1.29 is 4.74 Å². The van der Waals surface area contributed by atoms with Gasteiger partial charge in [0.1, 0.15) is 12.7 Å². The van der Waals surface area contributed by atoms with Gasteiger partial charge in [0.2, 0.25) is 0 Å². The van der Waals surface area contributed by atoms with Crippen LogP contribution in [0.5, 0.6) is 0 Å². The lowest BCUT2D eigenvalue weighted by molar-refractivity contribution is -0.0314. The Morgan fingerprint density at radius 1 is 1.50 bits per heavy atom. The van der Waals surface area contributed by atoms with Gasteiger partial charge < -0.3 is 4.74 Å². The molecular weight excluding hydrogens is 154 g/mol. The van der Waals surface area contributed by atoms with Crippen LogP contribution in [0.3, 0.4) is 0 Å². The fourth-order valence-corrected chi connectivity index (χ4v) is 1.09. The molecule has 0 spiro atoms. The molecular formula is C8H15N3O. The largest absolute Gasteiger partial charge is 0.356 e. The second-order valence-corrected chi connectivity index (χ2v) is 2.97. The maximum Gasteiger partial charge on any atom is 0.154 e. The van der Waals surface area contributed by atoms with Crippen molar-refractivity contribution in [1.29, 1.82) is 0 Å². The standard InChI is InChI=1S/C8H15N3O/c1-4-12-8(7(2)3)11-6-9-5-10-11/h5-8H,4H2,1-3H3. The zero-order valence-corrected chi connectivity index (χ0v) is 7.77. The molecule has 0 saturated carbocycles. The minimum absolute atomic E-state index is 0.0116. The average Bonchev–Trinajstić information content (AvgIpc) is 2.51. The Hall–Kier alpha value is -0.900. The topological polar surface area (TPSA) is 39.9 Å². The number of aromatic nitrogens is 3. The highest BCUT2D eigenvalue weighted by atomic mass is 16.5. The van der Waals surface area contributed by atoms with E-state index in [9.17, 15) is 0 Å². The van der Waals surface area contributed by atoms with E-state index in [-0.39, 0.29) is 6.23 Å². The van der Waals surface area contributed by atoms with E-state index in [0.29, 0.717) is 12.5 Å². The predicted octanol–water partition coefficient (Wildman–Crippen LogP) is 1.47. The summed E-state index contributed by atoms with van der Waals surface area (Å²) in [4.78, 5) is 3.88. The first-order chi connectivity index (χ1) is 5.75. The molecule has 1 heterocycles. The normalized spacial score (nSPS) is 13.7. The molecule has 0 amide bonds. The molecule has 0 aliphatic heterocycles. The van der Waals surface area contributed by atoms with Crippen LogP contribution < -0.4 is 0 Å². The Bertz CT molecular complexity index is 208. The van der Waals surface area contributed by atoms with Crippen LogP contribution in [0.2, 0.25) is 0 Å². The van der Waals surface area contributed by atoms with E-state index in [1.54, 1.807) is 11.0 Å². The lowest BCUT2D eigenvalue weighted by Gasteiger charge is -2.20. The van der Waals surface area contributed by atoms with Gasteiger partial charge in [0.25, 0.3) is 0 Å². The molecule has 0 saturated heterocycles. The van der Waals surface area contributed by atoms with Gasteiger partial charge in [-0.1, -0.05) is 13.8 Å². The van der Waals surface area contributed by atoms with Gasteiger partial charge in [0, 0.05) is 12.5 Å². The average molecular weight is 169 g/mol. The third-order valence-corrected chi connectivity index (χ3v) is 1.61. The summed E-state index contributed by atoms with van der Waals surface area (Å²) < 4.78 is 7.25. The van der Waals surface area contributed by atoms with Crippen molar-refractivity contribution in [2.45, 2.75) is 27.0 Å². The first-order valence-electron chi connectivity index (χ1n) is 4.21. The molecule has 0 aliphatic carbocycles. The van der Waals surface area contributed by atoms with E-state index in [0.717, 1.165) is 0 Å². The van der Waals surface area contributed by atoms with Crippen LogP contribution in [-0.4, -0.2) is 21.4 Å². The van der Waals surface area contributed by atoms with Crippen LogP contribution in [0.25, 0.3) is 0 Å². The highest BCUT2D eigenvalue weighted by molar-refractivity contribution is 4.64. The molecule has 0 aliphatic rings. The minimum Gasteiger partial charge on any atom is -0.356 e. The third kappa shape index (κ3) is 2.04. The second kappa shape index (κ2) is 4.21. The first kappa shape index (κ1) is 9.19. The van der Waals surface area contributed by atoms with E-state index in [4.69, 9.17) is 4.74 Å². The van der Waals surface area contributed by atoms with Gasteiger partial charge in [-0.15, -0.1) is 0 Å². The Labute approximate surface area is 72.6 Å². The zero-order chi connectivity index (χ0) is 8.97. The number of nitrogens with zero attached hydrogens (tertiary/aromatic N) is 3. The van der Waals surface area contributed by atoms with Crippen LogP contribution in [0.1, 0.15) is 27.0 Å². The molecule has 68 valence electrons. The van der Waals surface area contributed by atoms with Crippen LogP contribution in [0.15, 0.2) is 12.7 Å². The lowest BCUT2D eigenvalue weighted by atomic mass is 10.2. The van der Waals surface area contributed by atoms with E-state index in [1.807, 2.05) is 6.92 Å². The summed E-state index contributed by atoms with van der Waals surface area (Å²) in [5.74, 6) is 0.409. The van der Waals surface area contributed by atoms with E-state index in [1.165, 1.54) is 6.33 Å². The van der Waals surface area contributed by atoms with Crippen molar-refractivity contribution in [3.05, 3.63) is 12.7 Å². The van der Waals surface area contributed by atoms with Crippen LogP contribution in [0, 0.1) is 5.92 Å². The fraction of sp³-hybridized carbons (Fsp3) is 0.750. The molecule has 0 radical (unpaired) electrons. The number of rotatable bonds is 4. The van der Waals surface area contributed by atoms with Gasteiger partial charge in [-0.25, -0.2) is 9.67 Å². The summed E-state index contributed by atoms with van der Waals surface area (Å²) >= 11 is 0. The van der Waals surface area contributed by atoms with Crippen molar-refractivity contribution in [2.75, 3.05) is 6.61 Å². The third-order valence-electron chi connectivity index (χ3n) is 1.61. The predicted molar refractivity (Wildman–Crippen MR) is 45.5 cm³/mol. The Morgan fingerprint density at radius 3 is 2.67 bits per heavy atom. The van der Waals surface area contributed by atoms with Gasteiger partial charge in [0.05, 0.1) is 0 Å². The monoisotopic (exact) mass is 169 g/mol. The molecule has 1 unspecified atom stereocenters. The van der Waals surface area contributed by atoms with Crippen molar-refractivity contribution >= 4 is 0 Å². The van der Waals surface area contributed by atoms with Gasteiger partial charge in [-0.3, -0.25) is 0 Å². The SMILES string of the molecule is CCOC(C(C)C)n1cncn1. The van der Waals surface area contributed by atoms with E-state index >= 15 is 0 Å². The van der Waals surface area contributed by atoms with Crippen molar-refractivity contribution in [1.82, 2.24) is 14.8 Å². The highest BCUT2D eigenvalue weighted by Gasteiger charge is 2.14. The first-order valence-corrected chi connectivity index (χ1v) is 4.21. The summed E-state index contributed by atoms with van der Waals surface area (Å²) in [5, 5.41) is 4.04. The summed E-state index contributed by atoms with van der Waals surface area (Å²) in [6, 6.07) is 0. The number of hydrogen-bond acceptors (Lipinski definition) is 3. The van der Waals surface area contributed by atoms with E-state index < -0.39 is 0 Å². The summed E-state index contributed by atoms with van der Waals surface area (Å²) in [5.41, 5.74) is 0. The molecule has 1 aromatic heterocycles. The van der Waals surface area contributed by atoms with Crippen molar-refractivity contribution in [3.63, 3.8) is 0 Å². The maximum atomic E-state index is 5.51. The fourth-order valence-electron chi connectivity index (χ4n) is 1.09. The molecule has 1 aromatic rings. The van der Waals surface area contributed by atoms with Crippen LogP contribution in [-0.2, 0) is 4.74 Å². The van der Waals surface area contributed by atoms with Gasteiger partial charge in [0.15, 0.2) is 6.23 Å². The summed E-state index contributed by atoms with van der Waals surface area (Å²) in [6.45, 7) is 6.87. The zero-order valence-electron chi connectivity index (χ0n) is 7.77. The molecule has 0 fully saturated rings. The Kier molecular flexibility index (Phi) is 3.22. The van der Waals surface area contributed by atoms with E-state index in [2.05, 4.69) is 23.9 Å². The molecule has 1 rings (SSSR count). The summed E-state index contributed by atoms with van der Waals surface area (Å²) in [6.07, 6.45) is 3.21. The lowest BCUT2D eigenvalue weighted by Crippen LogP contribution is -2.19. The molecule has 0 N–H and O–H groups in total. The molecule has 4 heteroatoms. The van der Waals surface area contributed by atoms with Crippen LogP contribution in [0.4, 0.5) is 0 Å². The van der Waals surface area contributed by atoms with Crippen LogP contribution >= 0.6 is 0 Å². The molecule has 0 aromatic carbocycles. The Morgan fingerprint density at radius 2 is 2.25 bits per heavy atom. The quantitative estimate of drug-likeness (QED) is 0.685. The highest BCUT2D eigenvalue weighted by Crippen LogP contribution is 2.16. The molecule has 1 atom stereocenters. The molecule has 12 heavy (non-hydrogen) atoms. The second-order valence-electron chi connectivity index (χ2n) is 2.97. The molecule has 4 nitrogen and oxygen atoms in total. The minimum atomic E-state index is 0.0116. The van der Waals surface area contributed by atoms with Crippen molar-refractivity contribution in [3.8, 4) is 0 Å². The number of hydrogen-bond donors (Lipinski definition) is 0. The summed E-state index contributed by atoms with van der Waals surface area (Å²) in [7, 11) is 0. The van der Waals surface area contributed by atoms with Gasteiger partial charge in [-0.2, -0.15) is 5.10 Å². The maximum absolute atomic E-state index is 5.51. The molecule has 0 bridgehead atoms. The van der Waals surface area contributed by atoms with Gasteiger partial charge in [-0.05, 0) is 6.92 Å².